The molecular formula is C12H16FNO2. The van der Waals surface area contributed by atoms with Gasteiger partial charge in [-0.15, -0.1) is 0 Å². The summed E-state index contributed by atoms with van der Waals surface area (Å²) < 4.78 is 17.9. The molecule has 0 heterocycles. The number of rotatable bonds is 6. The molecule has 1 aromatic rings. The van der Waals surface area contributed by atoms with Crippen molar-refractivity contribution in [1.29, 1.82) is 0 Å². The number of amides is 1. The first-order valence-corrected chi connectivity index (χ1v) is 5.37. The van der Waals surface area contributed by atoms with Gasteiger partial charge in [-0.25, -0.2) is 4.39 Å². The maximum absolute atomic E-state index is 12.6. The molecule has 88 valence electrons. The molecule has 0 aromatic heterocycles. The second-order valence-corrected chi connectivity index (χ2v) is 3.36. The first kappa shape index (κ1) is 12.5. The predicted octanol–water partition coefficient (Wildman–Crippen LogP) is 2.12. The van der Waals surface area contributed by atoms with Crippen LogP contribution >= 0.6 is 0 Å². The summed E-state index contributed by atoms with van der Waals surface area (Å²) in [6, 6.07) is 5.83. The standard InChI is InChI=1S/C12H16FNO2/c1-2-14-12(15)4-3-9-16-11-7-5-10(13)6-8-11/h5-8H,2-4,9H2,1H3,(H,14,15). The molecule has 0 aliphatic heterocycles. The molecule has 0 radical (unpaired) electrons. The lowest BCUT2D eigenvalue weighted by Crippen LogP contribution is -2.22. The van der Waals surface area contributed by atoms with Gasteiger partial charge < -0.3 is 10.1 Å². The van der Waals surface area contributed by atoms with Crippen molar-refractivity contribution in [3.8, 4) is 5.75 Å². The molecule has 0 bridgehead atoms. The Bertz CT molecular complexity index is 324. The molecule has 0 aliphatic rings. The molecule has 0 aliphatic carbocycles. The molecule has 1 rings (SSSR count). The van der Waals surface area contributed by atoms with Gasteiger partial charge in [0, 0.05) is 13.0 Å². The number of carbonyl (C=O) groups excluding carboxylic acids is 1. The van der Waals surface area contributed by atoms with Crippen LogP contribution in [0.3, 0.4) is 0 Å². The topological polar surface area (TPSA) is 38.3 Å². The van der Waals surface area contributed by atoms with Crippen LogP contribution in [0.25, 0.3) is 0 Å². The fourth-order valence-corrected chi connectivity index (χ4v) is 1.24. The lowest BCUT2D eigenvalue weighted by atomic mass is 10.3. The quantitative estimate of drug-likeness (QED) is 0.753. The van der Waals surface area contributed by atoms with E-state index in [-0.39, 0.29) is 11.7 Å². The fourth-order valence-electron chi connectivity index (χ4n) is 1.24. The highest BCUT2D eigenvalue weighted by molar-refractivity contribution is 5.75. The van der Waals surface area contributed by atoms with E-state index in [1.165, 1.54) is 12.1 Å². The van der Waals surface area contributed by atoms with Crippen LogP contribution in [0.1, 0.15) is 19.8 Å². The van der Waals surface area contributed by atoms with Crippen molar-refractivity contribution >= 4 is 5.91 Å². The van der Waals surface area contributed by atoms with Gasteiger partial charge >= 0.3 is 0 Å². The molecule has 1 aromatic carbocycles. The highest BCUT2D eigenvalue weighted by Gasteiger charge is 1.99. The van der Waals surface area contributed by atoms with Crippen LogP contribution in [0.15, 0.2) is 24.3 Å². The van der Waals surface area contributed by atoms with E-state index in [0.29, 0.717) is 31.7 Å². The van der Waals surface area contributed by atoms with Crippen molar-refractivity contribution in [1.82, 2.24) is 5.32 Å². The van der Waals surface area contributed by atoms with Gasteiger partial charge in [-0.05, 0) is 37.6 Å². The van der Waals surface area contributed by atoms with Crippen molar-refractivity contribution in [3.63, 3.8) is 0 Å². The molecule has 16 heavy (non-hydrogen) atoms. The van der Waals surface area contributed by atoms with E-state index in [0.717, 1.165) is 0 Å². The number of hydrogen-bond acceptors (Lipinski definition) is 2. The normalized spacial score (nSPS) is 9.88. The lowest BCUT2D eigenvalue weighted by molar-refractivity contribution is -0.121. The highest BCUT2D eigenvalue weighted by atomic mass is 19.1. The van der Waals surface area contributed by atoms with Gasteiger partial charge in [0.05, 0.1) is 6.61 Å². The number of hydrogen-bond donors (Lipinski definition) is 1. The zero-order valence-corrected chi connectivity index (χ0v) is 9.33. The average molecular weight is 225 g/mol. The van der Waals surface area contributed by atoms with Crippen molar-refractivity contribution in [2.24, 2.45) is 0 Å². The van der Waals surface area contributed by atoms with Crippen LogP contribution in [-0.2, 0) is 4.79 Å². The summed E-state index contributed by atoms with van der Waals surface area (Å²) in [5.74, 6) is 0.372. The number of ether oxygens (including phenoxy) is 1. The molecule has 3 nitrogen and oxygen atoms in total. The first-order chi connectivity index (χ1) is 7.72. The van der Waals surface area contributed by atoms with Crippen LogP contribution in [-0.4, -0.2) is 19.1 Å². The van der Waals surface area contributed by atoms with Crippen molar-refractivity contribution in [2.45, 2.75) is 19.8 Å². The first-order valence-electron chi connectivity index (χ1n) is 5.37. The third kappa shape index (κ3) is 4.77. The van der Waals surface area contributed by atoms with Gasteiger partial charge in [-0.1, -0.05) is 0 Å². The SMILES string of the molecule is CCNC(=O)CCCOc1ccc(F)cc1. The molecule has 0 atom stereocenters. The Morgan fingerprint density at radius 3 is 2.69 bits per heavy atom. The maximum Gasteiger partial charge on any atom is 0.220 e. The predicted molar refractivity (Wildman–Crippen MR) is 59.8 cm³/mol. The molecule has 1 amide bonds. The summed E-state index contributed by atoms with van der Waals surface area (Å²) >= 11 is 0. The summed E-state index contributed by atoms with van der Waals surface area (Å²) in [6.07, 6.45) is 1.11. The van der Waals surface area contributed by atoms with Crippen LogP contribution in [0.4, 0.5) is 4.39 Å². The second-order valence-electron chi connectivity index (χ2n) is 3.36. The van der Waals surface area contributed by atoms with Gasteiger partial charge in [-0.2, -0.15) is 0 Å². The minimum Gasteiger partial charge on any atom is -0.494 e. The Balaban J connectivity index is 2.16. The molecule has 4 heteroatoms. The lowest BCUT2D eigenvalue weighted by Gasteiger charge is -2.05. The van der Waals surface area contributed by atoms with Crippen LogP contribution < -0.4 is 10.1 Å². The van der Waals surface area contributed by atoms with Gasteiger partial charge in [-0.3, -0.25) is 4.79 Å². The van der Waals surface area contributed by atoms with Crippen LogP contribution in [0.2, 0.25) is 0 Å². The van der Waals surface area contributed by atoms with E-state index in [1.807, 2.05) is 6.92 Å². The summed E-state index contributed by atoms with van der Waals surface area (Å²) in [6.45, 7) is 2.99. The van der Waals surface area contributed by atoms with Gasteiger partial charge in [0.1, 0.15) is 11.6 Å². The van der Waals surface area contributed by atoms with Gasteiger partial charge in [0.25, 0.3) is 0 Å². The Morgan fingerprint density at radius 1 is 1.38 bits per heavy atom. The molecular weight excluding hydrogens is 209 g/mol. The van der Waals surface area contributed by atoms with E-state index in [9.17, 15) is 9.18 Å². The van der Waals surface area contributed by atoms with Crippen molar-refractivity contribution in [3.05, 3.63) is 30.1 Å². The summed E-state index contributed by atoms with van der Waals surface area (Å²) in [4.78, 5) is 11.1. The van der Waals surface area contributed by atoms with Crippen LogP contribution in [0.5, 0.6) is 5.75 Å². The molecule has 0 spiro atoms. The molecule has 0 unspecified atom stereocenters. The minimum absolute atomic E-state index is 0.0326. The van der Waals surface area contributed by atoms with E-state index in [2.05, 4.69) is 5.32 Å². The van der Waals surface area contributed by atoms with Gasteiger partial charge in [0.15, 0.2) is 0 Å². The number of halogens is 1. The smallest absolute Gasteiger partial charge is 0.220 e. The fraction of sp³-hybridized carbons (Fsp3) is 0.417. The Labute approximate surface area is 94.6 Å². The second kappa shape index (κ2) is 6.82. The highest BCUT2D eigenvalue weighted by Crippen LogP contribution is 2.11. The van der Waals surface area contributed by atoms with Gasteiger partial charge in [0.2, 0.25) is 5.91 Å². The summed E-state index contributed by atoms with van der Waals surface area (Å²) in [5, 5.41) is 2.71. The summed E-state index contributed by atoms with van der Waals surface area (Å²) in [5.41, 5.74) is 0. The van der Waals surface area contributed by atoms with Crippen molar-refractivity contribution in [2.75, 3.05) is 13.2 Å². The Kier molecular flexibility index (Phi) is 5.32. The van der Waals surface area contributed by atoms with Crippen molar-refractivity contribution < 1.29 is 13.9 Å². The minimum atomic E-state index is -0.283. The number of benzene rings is 1. The third-order valence-corrected chi connectivity index (χ3v) is 2.00. The number of nitrogens with one attached hydrogen (secondary N) is 1. The average Bonchev–Trinajstić information content (AvgIpc) is 2.27. The molecule has 0 saturated carbocycles. The Hall–Kier alpha value is -1.58. The molecule has 0 saturated heterocycles. The van der Waals surface area contributed by atoms with E-state index >= 15 is 0 Å². The number of carbonyl (C=O) groups is 1. The largest absolute Gasteiger partial charge is 0.494 e. The third-order valence-electron chi connectivity index (χ3n) is 2.00. The van der Waals surface area contributed by atoms with E-state index in [1.54, 1.807) is 12.1 Å². The molecule has 0 fully saturated rings. The molecule has 1 N–H and O–H groups in total. The van der Waals surface area contributed by atoms with E-state index in [4.69, 9.17) is 4.74 Å². The van der Waals surface area contributed by atoms with Crippen LogP contribution in [0, 0.1) is 5.82 Å². The summed E-state index contributed by atoms with van der Waals surface area (Å²) in [7, 11) is 0. The van der Waals surface area contributed by atoms with E-state index < -0.39 is 0 Å². The Morgan fingerprint density at radius 2 is 2.06 bits per heavy atom. The maximum atomic E-state index is 12.6. The monoisotopic (exact) mass is 225 g/mol. The zero-order valence-electron chi connectivity index (χ0n) is 9.33. The zero-order chi connectivity index (χ0) is 11.8.